The van der Waals surface area contributed by atoms with Gasteiger partial charge in [0.05, 0.1) is 12.0 Å². The molecular weight excluding hydrogens is 230 g/mol. The van der Waals surface area contributed by atoms with E-state index in [1.807, 2.05) is 0 Å². The molecule has 0 aliphatic carbocycles. The first-order valence-electron chi connectivity index (χ1n) is 5.68. The molecule has 1 aliphatic rings. The summed E-state index contributed by atoms with van der Waals surface area (Å²) in [6.07, 6.45) is 0.265. The molecule has 1 atom stereocenters. The van der Waals surface area contributed by atoms with Gasteiger partial charge in [-0.1, -0.05) is 6.07 Å². The van der Waals surface area contributed by atoms with E-state index in [2.05, 4.69) is 11.4 Å². The topological polar surface area (TPSA) is 73.2 Å². The zero-order valence-corrected chi connectivity index (χ0v) is 10.0. The molecule has 1 heterocycles. The second-order valence-corrected chi connectivity index (χ2v) is 4.27. The van der Waals surface area contributed by atoms with Crippen LogP contribution in [0.4, 0.5) is 11.4 Å². The predicted molar refractivity (Wildman–Crippen MR) is 66.8 cm³/mol. The van der Waals surface area contributed by atoms with Crippen LogP contribution in [-0.2, 0) is 9.59 Å². The fourth-order valence-corrected chi connectivity index (χ4v) is 2.00. The second kappa shape index (κ2) is 4.88. The number of benzene rings is 1. The number of hydrogen-bond acceptors (Lipinski definition) is 3. The number of hydrogen-bond donors (Lipinski definition) is 1. The molecule has 2 rings (SSSR count). The number of nitrogens with one attached hydrogen (secondary N) is 1. The Morgan fingerprint density at radius 2 is 2.33 bits per heavy atom. The lowest BCUT2D eigenvalue weighted by Gasteiger charge is -2.16. The average molecular weight is 243 g/mol. The Hall–Kier alpha value is -2.35. The second-order valence-electron chi connectivity index (χ2n) is 4.27. The molecule has 1 aliphatic heterocycles. The average Bonchev–Trinajstić information content (AvgIpc) is 2.70. The van der Waals surface area contributed by atoms with Gasteiger partial charge in [0.2, 0.25) is 11.8 Å². The van der Waals surface area contributed by atoms with Gasteiger partial charge in [-0.05, 0) is 18.2 Å². The molecule has 0 bridgehead atoms. The van der Waals surface area contributed by atoms with Gasteiger partial charge in [-0.3, -0.25) is 9.59 Å². The Bertz CT molecular complexity index is 533. The minimum absolute atomic E-state index is 0.0541. The fourth-order valence-electron chi connectivity index (χ4n) is 2.00. The molecule has 2 amide bonds. The Morgan fingerprint density at radius 1 is 1.56 bits per heavy atom. The lowest BCUT2D eigenvalue weighted by molar-refractivity contribution is -0.117. The Balaban J connectivity index is 2.21. The third-order valence-corrected chi connectivity index (χ3v) is 2.79. The first-order valence-corrected chi connectivity index (χ1v) is 5.68. The van der Waals surface area contributed by atoms with Crippen LogP contribution >= 0.6 is 0 Å². The standard InChI is InChI=1S/C13H13N3O2/c1-9(17)15-11-3-2-4-12(6-11)16-8-10(7-14)5-13(16)18/h2-4,6,10H,5,8H2,1H3,(H,15,17). The molecule has 1 N–H and O–H groups in total. The van der Waals surface area contributed by atoms with Gasteiger partial charge >= 0.3 is 0 Å². The zero-order valence-electron chi connectivity index (χ0n) is 10.0. The van der Waals surface area contributed by atoms with Crippen molar-refractivity contribution in [3.63, 3.8) is 0 Å². The molecule has 92 valence electrons. The van der Waals surface area contributed by atoms with Gasteiger partial charge in [-0.2, -0.15) is 5.26 Å². The number of nitriles is 1. The van der Waals surface area contributed by atoms with Crippen molar-refractivity contribution in [2.45, 2.75) is 13.3 Å². The Morgan fingerprint density at radius 3 is 2.94 bits per heavy atom. The first kappa shape index (κ1) is 12.1. The fraction of sp³-hybridized carbons (Fsp3) is 0.308. The van der Waals surface area contributed by atoms with Crippen molar-refractivity contribution in [3.8, 4) is 6.07 Å². The lowest BCUT2D eigenvalue weighted by atomic mass is 10.1. The Kier molecular flexibility index (Phi) is 3.28. The van der Waals surface area contributed by atoms with Crippen LogP contribution in [0.25, 0.3) is 0 Å². The van der Waals surface area contributed by atoms with Crippen molar-refractivity contribution >= 4 is 23.2 Å². The van der Waals surface area contributed by atoms with Gasteiger partial charge in [0, 0.05) is 31.3 Å². The SMILES string of the molecule is CC(=O)Nc1cccc(N2CC(C#N)CC2=O)c1. The van der Waals surface area contributed by atoms with Crippen molar-refractivity contribution in [1.29, 1.82) is 5.26 Å². The van der Waals surface area contributed by atoms with Gasteiger partial charge in [0.25, 0.3) is 0 Å². The van der Waals surface area contributed by atoms with Crippen LogP contribution in [0.1, 0.15) is 13.3 Å². The summed E-state index contributed by atoms with van der Waals surface area (Å²) in [6.45, 7) is 1.85. The van der Waals surface area contributed by atoms with Crippen LogP contribution in [0.15, 0.2) is 24.3 Å². The number of rotatable bonds is 2. The van der Waals surface area contributed by atoms with Crippen LogP contribution in [0.5, 0.6) is 0 Å². The molecule has 1 saturated heterocycles. The zero-order chi connectivity index (χ0) is 13.1. The van der Waals surface area contributed by atoms with E-state index in [0.29, 0.717) is 17.9 Å². The molecule has 1 aromatic rings. The van der Waals surface area contributed by atoms with Crippen molar-refractivity contribution in [2.75, 3.05) is 16.8 Å². The van der Waals surface area contributed by atoms with Crippen molar-refractivity contribution in [2.24, 2.45) is 5.92 Å². The molecule has 1 aromatic carbocycles. The van der Waals surface area contributed by atoms with Gasteiger partial charge in [-0.25, -0.2) is 0 Å². The summed E-state index contributed by atoms with van der Waals surface area (Å²) in [7, 11) is 0. The van der Waals surface area contributed by atoms with Gasteiger partial charge < -0.3 is 10.2 Å². The van der Waals surface area contributed by atoms with Crippen LogP contribution < -0.4 is 10.2 Å². The van der Waals surface area contributed by atoms with E-state index in [9.17, 15) is 9.59 Å². The van der Waals surface area contributed by atoms with Crippen molar-refractivity contribution < 1.29 is 9.59 Å². The molecule has 5 heteroatoms. The summed E-state index contributed by atoms with van der Waals surface area (Å²) in [6, 6.07) is 9.17. The summed E-state index contributed by atoms with van der Waals surface area (Å²) >= 11 is 0. The summed E-state index contributed by atoms with van der Waals surface area (Å²) in [5.41, 5.74) is 1.36. The number of anilines is 2. The number of amides is 2. The number of nitrogens with zero attached hydrogens (tertiary/aromatic N) is 2. The van der Waals surface area contributed by atoms with E-state index in [1.165, 1.54) is 6.92 Å². The highest BCUT2D eigenvalue weighted by Crippen LogP contribution is 2.26. The van der Waals surface area contributed by atoms with E-state index < -0.39 is 0 Å². The van der Waals surface area contributed by atoms with Crippen LogP contribution in [0.2, 0.25) is 0 Å². The molecule has 1 fully saturated rings. The monoisotopic (exact) mass is 243 g/mol. The highest BCUT2D eigenvalue weighted by atomic mass is 16.2. The third-order valence-electron chi connectivity index (χ3n) is 2.79. The molecule has 0 radical (unpaired) electrons. The van der Waals surface area contributed by atoms with E-state index in [-0.39, 0.29) is 24.2 Å². The Labute approximate surface area is 105 Å². The van der Waals surface area contributed by atoms with E-state index in [1.54, 1.807) is 29.2 Å². The van der Waals surface area contributed by atoms with Crippen LogP contribution in [0, 0.1) is 17.2 Å². The minimum Gasteiger partial charge on any atom is -0.326 e. The quantitative estimate of drug-likeness (QED) is 0.855. The van der Waals surface area contributed by atoms with E-state index in [4.69, 9.17) is 5.26 Å². The molecule has 5 nitrogen and oxygen atoms in total. The normalized spacial score (nSPS) is 18.6. The van der Waals surface area contributed by atoms with Crippen LogP contribution in [-0.4, -0.2) is 18.4 Å². The van der Waals surface area contributed by atoms with Crippen molar-refractivity contribution in [3.05, 3.63) is 24.3 Å². The van der Waals surface area contributed by atoms with E-state index in [0.717, 1.165) is 0 Å². The smallest absolute Gasteiger partial charge is 0.228 e. The molecule has 1 unspecified atom stereocenters. The molecule has 0 spiro atoms. The van der Waals surface area contributed by atoms with Gasteiger partial charge in [0.1, 0.15) is 0 Å². The number of carbonyl (C=O) groups excluding carboxylic acids is 2. The summed E-state index contributed by atoms with van der Waals surface area (Å²) in [4.78, 5) is 24.3. The lowest BCUT2D eigenvalue weighted by Crippen LogP contribution is -2.24. The molecule has 0 aromatic heterocycles. The molecule has 0 saturated carbocycles. The van der Waals surface area contributed by atoms with E-state index >= 15 is 0 Å². The maximum atomic E-state index is 11.8. The van der Waals surface area contributed by atoms with Crippen molar-refractivity contribution in [1.82, 2.24) is 0 Å². The third kappa shape index (κ3) is 2.48. The first-order chi connectivity index (χ1) is 8.60. The predicted octanol–water partition coefficient (Wildman–Crippen LogP) is 1.52. The maximum absolute atomic E-state index is 11.8. The van der Waals surface area contributed by atoms with Gasteiger partial charge in [-0.15, -0.1) is 0 Å². The highest BCUT2D eigenvalue weighted by molar-refractivity contribution is 5.97. The summed E-state index contributed by atoms with van der Waals surface area (Å²) in [5.74, 6) is -0.460. The van der Waals surface area contributed by atoms with Crippen LogP contribution in [0.3, 0.4) is 0 Å². The highest BCUT2D eigenvalue weighted by Gasteiger charge is 2.30. The minimum atomic E-state index is -0.248. The van der Waals surface area contributed by atoms with Gasteiger partial charge in [0.15, 0.2) is 0 Å². The maximum Gasteiger partial charge on any atom is 0.228 e. The largest absolute Gasteiger partial charge is 0.326 e. The summed E-state index contributed by atoms with van der Waals surface area (Å²) in [5, 5.41) is 11.5. The molecular formula is C13H13N3O2. The number of carbonyl (C=O) groups is 2. The summed E-state index contributed by atoms with van der Waals surface area (Å²) < 4.78 is 0. The molecule has 18 heavy (non-hydrogen) atoms.